The molecule has 1 aliphatic rings. The van der Waals surface area contributed by atoms with Gasteiger partial charge in [0.05, 0.1) is 16.3 Å². The standard InChI is InChI=1S/C24H30N2OS/c1-3-4-8-18-9-7-10-19(17-18)23(27-20-13-15-26(2)16-14-20)24-25-21-11-5-6-12-22(21)28-24/h5-7,9-12,17,20,23H,3-4,8,13-16H2,1-2H3. The lowest BCUT2D eigenvalue weighted by Gasteiger charge is -2.31. The quantitative estimate of drug-likeness (QED) is 0.503. The van der Waals surface area contributed by atoms with Crippen molar-refractivity contribution < 1.29 is 4.74 Å². The van der Waals surface area contributed by atoms with E-state index in [2.05, 4.69) is 67.4 Å². The summed E-state index contributed by atoms with van der Waals surface area (Å²) < 4.78 is 7.96. The van der Waals surface area contributed by atoms with Crippen LogP contribution in [0.1, 0.15) is 54.8 Å². The van der Waals surface area contributed by atoms with E-state index in [1.165, 1.54) is 28.7 Å². The van der Waals surface area contributed by atoms with Gasteiger partial charge in [-0.2, -0.15) is 0 Å². The lowest BCUT2D eigenvalue weighted by molar-refractivity contribution is -0.0234. The number of aryl methyl sites for hydroxylation is 1. The number of rotatable bonds is 7. The Labute approximate surface area is 172 Å². The predicted molar refractivity (Wildman–Crippen MR) is 118 cm³/mol. The summed E-state index contributed by atoms with van der Waals surface area (Å²) in [4.78, 5) is 7.33. The summed E-state index contributed by atoms with van der Waals surface area (Å²) in [5.74, 6) is 0. The highest BCUT2D eigenvalue weighted by Gasteiger charge is 2.26. The lowest BCUT2D eigenvalue weighted by Crippen LogP contribution is -2.35. The highest BCUT2D eigenvalue weighted by molar-refractivity contribution is 7.18. The molecule has 4 heteroatoms. The number of likely N-dealkylation sites (tertiary alicyclic amines) is 1. The van der Waals surface area contributed by atoms with Crippen LogP contribution < -0.4 is 0 Å². The number of hydrogen-bond acceptors (Lipinski definition) is 4. The molecule has 0 spiro atoms. The van der Waals surface area contributed by atoms with Crippen LogP contribution in [-0.2, 0) is 11.2 Å². The molecule has 1 aromatic heterocycles. The van der Waals surface area contributed by atoms with Gasteiger partial charge in [-0.1, -0.05) is 49.7 Å². The predicted octanol–water partition coefficient (Wildman–Crippen LogP) is 5.84. The van der Waals surface area contributed by atoms with E-state index in [-0.39, 0.29) is 6.10 Å². The molecule has 0 radical (unpaired) electrons. The van der Waals surface area contributed by atoms with Gasteiger partial charge in [-0.3, -0.25) is 0 Å². The first-order valence-electron chi connectivity index (χ1n) is 10.5. The summed E-state index contributed by atoms with van der Waals surface area (Å²) in [6.45, 7) is 4.46. The number of piperidine rings is 1. The molecule has 0 bridgehead atoms. The van der Waals surface area contributed by atoms with Crippen molar-refractivity contribution in [3.05, 3.63) is 64.7 Å². The maximum atomic E-state index is 6.72. The van der Waals surface area contributed by atoms with Crippen molar-refractivity contribution in [2.24, 2.45) is 0 Å². The maximum absolute atomic E-state index is 6.72. The number of aromatic nitrogens is 1. The van der Waals surface area contributed by atoms with Gasteiger partial charge in [-0.15, -0.1) is 11.3 Å². The molecule has 0 aliphatic carbocycles. The Bertz CT molecular complexity index is 865. The van der Waals surface area contributed by atoms with Crippen LogP contribution in [0.2, 0.25) is 0 Å². The van der Waals surface area contributed by atoms with Crippen molar-refractivity contribution in [2.75, 3.05) is 20.1 Å². The van der Waals surface area contributed by atoms with E-state index >= 15 is 0 Å². The van der Waals surface area contributed by atoms with E-state index in [9.17, 15) is 0 Å². The van der Waals surface area contributed by atoms with Crippen molar-refractivity contribution in [2.45, 2.75) is 51.2 Å². The third-order valence-electron chi connectivity index (χ3n) is 5.60. The number of nitrogens with zero attached hydrogens (tertiary/aromatic N) is 2. The van der Waals surface area contributed by atoms with Crippen LogP contribution in [-0.4, -0.2) is 36.1 Å². The molecule has 3 aromatic rings. The number of ether oxygens (including phenoxy) is 1. The van der Waals surface area contributed by atoms with E-state index in [4.69, 9.17) is 9.72 Å². The van der Waals surface area contributed by atoms with Crippen LogP contribution in [0.3, 0.4) is 0 Å². The molecule has 1 saturated heterocycles. The Hall–Kier alpha value is -1.75. The van der Waals surface area contributed by atoms with E-state index in [1.807, 2.05) is 0 Å². The van der Waals surface area contributed by atoms with Crippen LogP contribution in [0.4, 0.5) is 0 Å². The van der Waals surface area contributed by atoms with E-state index in [0.29, 0.717) is 6.10 Å². The van der Waals surface area contributed by atoms with Crippen LogP contribution in [0, 0.1) is 0 Å². The molecule has 0 N–H and O–H groups in total. The second-order valence-corrected chi connectivity index (χ2v) is 8.95. The molecule has 1 fully saturated rings. The Kier molecular flexibility index (Phi) is 6.40. The molecule has 0 amide bonds. The smallest absolute Gasteiger partial charge is 0.134 e. The van der Waals surface area contributed by atoms with Crippen LogP contribution in [0.25, 0.3) is 10.2 Å². The van der Waals surface area contributed by atoms with Gasteiger partial charge >= 0.3 is 0 Å². The summed E-state index contributed by atoms with van der Waals surface area (Å²) >= 11 is 1.77. The average molecular weight is 395 g/mol. The molecule has 0 saturated carbocycles. The molecular weight excluding hydrogens is 364 g/mol. The first kappa shape index (κ1) is 19.6. The molecule has 1 atom stereocenters. The van der Waals surface area contributed by atoms with Crippen molar-refractivity contribution in [1.82, 2.24) is 9.88 Å². The molecule has 1 aliphatic heterocycles. The number of unbranched alkanes of at least 4 members (excludes halogenated alkanes) is 1. The first-order valence-corrected chi connectivity index (χ1v) is 11.3. The van der Waals surface area contributed by atoms with Gasteiger partial charge in [-0.05, 0) is 56.0 Å². The Balaban J connectivity index is 1.64. The van der Waals surface area contributed by atoms with Crippen LogP contribution in [0.15, 0.2) is 48.5 Å². The molecule has 3 nitrogen and oxygen atoms in total. The van der Waals surface area contributed by atoms with Crippen molar-refractivity contribution in [1.29, 1.82) is 0 Å². The largest absolute Gasteiger partial charge is 0.363 e. The second-order valence-electron chi connectivity index (χ2n) is 7.89. The Morgan fingerprint density at radius 2 is 1.96 bits per heavy atom. The molecule has 4 rings (SSSR count). The summed E-state index contributed by atoms with van der Waals surface area (Å²) in [6, 6.07) is 17.4. The number of hydrogen-bond donors (Lipinski definition) is 0. The normalized spacial score (nSPS) is 17.2. The topological polar surface area (TPSA) is 25.4 Å². The SMILES string of the molecule is CCCCc1cccc(C(OC2CCN(C)CC2)c2nc3ccccc3s2)c1. The van der Waals surface area contributed by atoms with Crippen LogP contribution >= 0.6 is 11.3 Å². The van der Waals surface area contributed by atoms with Gasteiger partial charge in [0, 0.05) is 13.1 Å². The molecular formula is C24H30N2OS. The minimum atomic E-state index is -0.0765. The number of benzene rings is 2. The summed E-state index contributed by atoms with van der Waals surface area (Å²) in [5.41, 5.74) is 3.71. The van der Waals surface area contributed by atoms with Gasteiger partial charge in [0.15, 0.2) is 0 Å². The number of thiazole rings is 1. The summed E-state index contributed by atoms with van der Waals surface area (Å²) in [5, 5.41) is 1.08. The second kappa shape index (κ2) is 9.17. The van der Waals surface area contributed by atoms with Gasteiger partial charge in [-0.25, -0.2) is 4.98 Å². The molecule has 2 heterocycles. The fourth-order valence-electron chi connectivity index (χ4n) is 3.89. The van der Waals surface area contributed by atoms with Crippen molar-refractivity contribution >= 4 is 21.6 Å². The lowest BCUT2D eigenvalue weighted by atomic mass is 10.0. The third kappa shape index (κ3) is 4.62. The Morgan fingerprint density at radius 1 is 1.14 bits per heavy atom. The monoisotopic (exact) mass is 394 g/mol. The molecule has 2 aromatic carbocycles. The zero-order valence-corrected chi connectivity index (χ0v) is 17.8. The summed E-state index contributed by atoms with van der Waals surface area (Å²) in [6.07, 6.45) is 5.98. The fraction of sp³-hybridized carbons (Fsp3) is 0.458. The first-order chi connectivity index (χ1) is 13.7. The van der Waals surface area contributed by atoms with Gasteiger partial charge < -0.3 is 9.64 Å². The minimum Gasteiger partial charge on any atom is -0.363 e. The third-order valence-corrected chi connectivity index (χ3v) is 6.68. The minimum absolute atomic E-state index is 0.0765. The van der Waals surface area contributed by atoms with Crippen LogP contribution in [0.5, 0.6) is 0 Å². The highest BCUT2D eigenvalue weighted by atomic mass is 32.1. The van der Waals surface area contributed by atoms with Crippen molar-refractivity contribution in [3.63, 3.8) is 0 Å². The average Bonchev–Trinajstić information content (AvgIpc) is 3.16. The van der Waals surface area contributed by atoms with Gasteiger partial charge in [0.1, 0.15) is 11.1 Å². The Morgan fingerprint density at radius 3 is 2.75 bits per heavy atom. The highest BCUT2D eigenvalue weighted by Crippen LogP contribution is 2.35. The summed E-state index contributed by atoms with van der Waals surface area (Å²) in [7, 11) is 2.19. The van der Waals surface area contributed by atoms with E-state index < -0.39 is 0 Å². The number of para-hydroxylation sites is 1. The molecule has 148 valence electrons. The number of fused-ring (bicyclic) bond motifs is 1. The van der Waals surface area contributed by atoms with E-state index in [0.717, 1.165) is 42.9 Å². The van der Waals surface area contributed by atoms with Gasteiger partial charge in [0.2, 0.25) is 0 Å². The molecule has 28 heavy (non-hydrogen) atoms. The fourth-order valence-corrected chi connectivity index (χ4v) is 4.92. The zero-order chi connectivity index (χ0) is 19.3. The zero-order valence-electron chi connectivity index (χ0n) is 16.9. The maximum Gasteiger partial charge on any atom is 0.134 e. The van der Waals surface area contributed by atoms with Crippen molar-refractivity contribution in [3.8, 4) is 0 Å². The molecule has 1 unspecified atom stereocenters. The van der Waals surface area contributed by atoms with Gasteiger partial charge in [0.25, 0.3) is 0 Å². The van der Waals surface area contributed by atoms with E-state index in [1.54, 1.807) is 11.3 Å².